The van der Waals surface area contributed by atoms with Crippen molar-refractivity contribution in [2.24, 2.45) is 0 Å². The second-order valence-corrected chi connectivity index (χ2v) is 7.85. The summed E-state index contributed by atoms with van der Waals surface area (Å²) in [5.41, 5.74) is 4.24. The first-order valence-corrected chi connectivity index (χ1v) is 10.6. The third-order valence-corrected chi connectivity index (χ3v) is 5.89. The summed E-state index contributed by atoms with van der Waals surface area (Å²) in [4.78, 5) is 20.0. The van der Waals surface area contributed by atoms with Crippen LogP contribution in [-0.2, 0) is 6.42 Å². The number of ether oxygens (including phenoxy) is 1. The molecule has 1 atom stereocenters. The highest BCUT2D eigenvalue weighted by molar-refractivity contribution is 5.97. The van der Waals surface area contributed by atoms with E-state index in [0.29, 0.717) is 29.0 Å². The van der Waals surface area contributed by atoms with E-state index in [2.05, 4.69) is 17.1 Å². The maximum absolute atomic E-state index is 13.4. The molecule has 31 heavy (non-hydrogen) atoms. The molecule has 0 aliphatic carbocycles. The van der Waals surface area contributed by atoms with Crippen molar-refractivity contribution in [1.29, 1.82) is 0 Å². The number of likely N-dealkylation sites (tertiary alicyclic amines) is 1. The van der Waals surface area contributed by atoms with E-state index in [0.717, 1.165) is 36.3 Å². The minimum absolute atomic E-state index is 0.0166. The summed E-state index contributed by atoms with van der Waals surface area (Å²) in [6.07, 6.45) is 2.53. The molecule has 1 aromatic heterocycles. The molecule has 3 aromatic carbocycles. The van der Waals surface area contributed by atoms with Crippen LogP contribution in [0.3, 0.4) is 0 Å². The molecule has 4 aromatic rings. The zero-order chi connectivity index (χ0) is 21.2. The van der Waals surface area contributed by atoms with Crippen molar-refractivity contribution in [2.45, 2.75) is 25.3 Å². The summed E-state index contributed by atoms with van der Waals surface area (Å²) in [6, 6.07) is 23.6. The highest BCUT2D eigenvalue weighted by Crippen LogP contribution is 2.37. The third-order valence-electron chi connectivity index (χ3n) is 5.89. The van der Waals surface area contributed by atoms with E-state index in [1.165, 1.54) is 0 Å². The van der Waals surface area contributed by atoms with Gasteiger partial charge in [-0.2, -0.15) is 0 Å². The SMILES string of the molecule is COc1ccccc1[C@H]1CCCN1C(=O)c1ccc2oc(Cc3ccccc3)nc2c1. The van der Waals surface area contributed by atoms with Gasteiger partial charge in [0.2, 0.25) is 0 Å². The molecule has 0 spiro atoms. The van der Waals surface area contributed by atoms with Crippen LogP contribution in [0.2, 0.25) is 0 Å². The van der Waals surface area contributed by atoms with Gasteiger partial charge in [-0.1, -0.05) is 48.5 Å². The number of methoxy groups -OCH3 is 1. The van der Waals surface area contributed by atoms with Crippen molar-refractivity contribution >= 4 is 17.0 Å². The van der Waals surface area contributed by atoms with Crippen molar-refractivity contribution in [3.8, 4) is 5.75 Å². The molecule has 5 heteroatoms. The lowest BCUT2D eigenvalue weighted by atomic mass is 10.0. The van der Waals surface area contributed by atoms with Gasteiger partial charge in [0, 0.05) is 24.1 Å². The summed E-state index contributed by atoms with van der Waals surface area (Å²) in [7, 11) is 1.67. The fourth-order valence-corrected chi connectivity index (χ4v) is 4.39. The van der Waals surface area contributed by atoms with Crippen molar-refractivity contribution in [3.05, 3.63) is 95.4 Å². The van der Waals surface area contributed by atoms with E-state index in [9.17, 15) is 4.79 Å². The van der Waals surface area contributed by atoms with Crippen molar-refractivity contribution in [1.82, 2.24) is 9.88 Å². The number of amides is 1. The van der Waals surface area contributed by atoms with Crippen LogP contribution in [0.25, 0.3) is 11.1 Å². The van der Waals surface area contributed by atoms with Gasteiger partial charge >= 0.3 is 0 Å². The fraction of sp³-hybridized carbons (Fsp3) is 0.231. The fourth-order valence-electron chi connectivity index (χ4n) is 4.39. The van der Waals surface area contributed by atoms with Crippen LogP contribution in [0, 0.1) is 0 Å². The molecular weight excluding hydrogens is 388 g/mol. The predicted molar refractivity (Wildman–Crippen MR) is 119 cm³/mol. The van der Waals surface area contributed by atoms with Gasteiger partial charge in [-0.15, -0.1) is 0 Å². The normalized spacial score (nSPS) is 16.0. The molecule has 1 aliphatic heterocycles. The molecule has 1 amide bonds. The Labute approximate surface area is 181 Å². The topological polar surface area (TPSA) is 55.6 Å². The predicted octanol–water partition coefficient (Wildman–Crippen LogP) is 5.40. The lowest BCUT2D eigenvalue weighted by Gasteiger charge is -2.26. The molecule has 0 N–H and O–H groups in total. The van der Waals surface area contributed by atoms with Gasteiger partial charge in [0.05, 0.1) is 13.2 Å². The largest absolute Gasteiger partial charge is 0.496 e. The number of hydrogen-bond donors (Lipinski definition) is 0. The van der Waals surface area contributed by atoms with E-state index in [-0.39, 0.29) is 11.9 Å². The first-order valence-electron chi connectivity index (χ1n) is 10.6. The first kappa shape index (κ1) is 19.4. The van der Waals surface area contributed by atoms with Crippen LogP contribution < -0.4 is 4.74 Å². The van der Waals surface area contributed by atoms with Gasteiger partial charge in [0.25, 0.3) is 5.91 Å². The molecule has 5 nitrogen and oxygen atoms in total. The van der Waals surface area contributed by atoms with E-state index in [1.807, 2.05) is 65.6 Å². The average Bonchev–Trinajstić information content (AvgIpc) is 3.45. The number of fused-ring (bicyclic) bond motifs is 1. The monoisotopic (exact) mass is 412 g/mol. The van der Waals surface area contributed by atoms with Crippen molar-refractivity contribution in [3.63, 3.8) is 0 Å². The van der Waals surface area contributed by atoms with Gasteiger partial charge in [0.15, 0.2) is 11.5 Å². The Morgan fingerprint density at radius 3 is 2.74 bits per heavy atom. The van der Waals surface area contributed by atoms with Crippen LogP contribution in [0.15, 0.2) is 77.2 Å². The molecule has 1 aliphatic rings. The zero-order valence-corrected chi connectivity index (χ0v) is 17.5. The number of aromatic nitrogens is 1. The number of nitrogens with zero attached hydrogens (tertiary/aromatic N) is 2. The lowest BCUT2D eigenvalue weighted by molar-refractivity contribution is 0.0734. The smallest absolute Gasteiger partial charge is 0.254 e. The van der Waals surface area contributed by atoms with Crippen LogP contribution in [-0.4, -0.2) is 29.4 Å². The number of benzene rings is 3. The minimum Gasteiger partial charge on any atom is -0.496 e. The summed E-state index contributed by atoms with van der Waals surface area (Å²) in [6.45, 7) is 0.734. The van der Waals surface area contributed by atoms with Gasteiger partial charge in [-0.25, -0.2) is 4.98 Å². The number of rotatable bonds is 5. The van der Waals surface area contributed by atoms with Gasteiger partial charge in [-0.3, -0.25) is 4.79 Å². The standard InChI is InChI=1S/C26H24N2O3/c1-30-23-12-6-5-10-20(23)22-11-7-15-28(22)26(29)19-13-14-24-21(17-19)27-25(31-24)16-18-8-3-2-4-9-18/h2-6,8-10,12-14,17,22H,7,11,15-16H2,1H3/t22-/m1/s1. The van der Waals surface area contributed by atoms with Crippen LogP contribution >= 0.6 is 0 Å². The van der Waals surface area contributed by atoms with Crippen molar-refractivity contribution in [2.75, 3.05) is 13.7 Å². The number of hydrogen-bond acceptors (Lipinski definition) is 4. The summed E-state index contributed by atoms with van der Waals surface area (Å²) >= 11 is 0. The lowest BCUT2D eigenvalue weighted by Crippen LogP contribution is -2.30. The van der Waals surface area contributed by atoms with Crippen LogP contribution in [0.4, 0.5) is 0 Å². The molecule has 5 rings (SSSR count). The summed E-state index contributed by atoms with van der Waals surface area (Å²) < 4.78 is 11.4. The van der Waals surface area contributed by atoms with E-state index in [1.54, 1.807) is 7.11 Å². The quantitative estimate of drug-likeness (QED) is 0.440. The highest BCUT2D eigenvalue weighted by atomic mass is 16.5. The summed E-state index contributed by atoms with van der Waals surface area (Å²) in [5, 5.41) is 0. The molecule has 0 radical (unpaired) electrons. The van der Waals surface area contributed by atoms with Crippen molar-refractivity contribution < 1.29 is 13.9 Å². The Morgan fingerprint density at radius 1 is 1.10 bits per heavy atom. The Morgan fingerprint density at radius 2 is 1.90 bits per heavy atom. The molecule has 156 valence electrons. The third kappa shape index (κ3) is 3.79. The highest BCUT2D eigenvalue weighted by Gasteiger charge is 2.32. The van der Waals surface area contributed by atoms with E-state index >= 15 is 0 Å². The zero-order valence-electron chi connectivity index (χ0n) is 17.5. The van der Waals surface area contributed by atoms with Gasteiger partial charge in [0.1, 0.15) is 11.3 Å². The minimum atomic E-state index is 0.0166. The maximum atomic E-state index is 13.4. The first-order chi connectivity index (χ1) is 15.2. The van der Waals surface area contributed by atoms with E-state index in [4.69, 9.17) is 9.15 Å². The molecule has 1 fully saturated rings. The van der Waals surface area contributed by atoms with Gasteiger partial charge < -0.3 is 14.1 Å². The second kappa shape index (κ2) is 8.26. The molecular formula is C26H24N2O3. The number of carbonyl (C=O) groups excluding carboxylic acids is 1. The average molecular weight is 412 g/mol. The molecule has 0 unspecified atom stereocenters. The number of para-hydroxylation sites is 1. The van der Waals surface area contributed by atoms with Crippen LogP contribution in [0.5, 0.6) is 5.75 Å². The van der Waals surface area contributed by atoms with Crippen LogP contribution in [0.1, 0.15) is 46.3 Å². The van der Waals surface area contributed by atoms with E-state index < -0.39 is 0 Å². The number of oxazole rings is 1. The molecule has 0 saturated carbocycles. The number of carbonyl (C=O) groups is 1. The Hall–Kier alpha value is -3.60. The van der Waals surface area contributed by atoms with Gasteiger partial charge in [-0.05, 0) is 42.7 Å². The Balaban J connectivity index is 1.41. The maximum Gasteiger partial charge on any atom is 0.254 e. The summed E-state index contributed by atoms with van der Waals surface area (Å²) in [5.74, 6) is 1.49. The Bertz CT molecular complexity index is 1220. The Kier molecular flexibility index (Phi) is 5.16. The molecule has 0 bridgehead atoms. The molecule has 2 heterocycles. The second-order valence-electron chi connectivity index (χ2n) is 7.85. The molecule has 1 saturated heterocycles.